The maximum atomic E-state index is 12.9. The monoisotopic (exact) mass is 460 g/mol. The van der Waals surface area contributed by atoms with Crippen LogP contribution >= 0.6 is 0 Å². The van der Waals surface area contributed by atoms with Gasteiger partial charge in [0.25, 0.3) is 5.91 Å². The molecule has 33 heavy (non-hydrogen) atoms. The molecule has 0 aliphatic rings. The maximum Gasteiger partial charge on any atom is 0.322 e. The largest absolute Gasteiger partial charge is 0.446 e. The molecule has 0 aliphatic heterocycles. The van der Waals surface area contributed by atoms with Gasteiger partial charge in [0.2, 0.25) is 5.89 Å². The number of benzene rings is 1. The van der Waals surface area contributed by atoms with Gasteiger partial charge in [0.05, 0.1) is 6.54 Å². The number of nitrogens with one attached hydrogen (secondary N) is 2. The number of carbonyl (C=O) groups is 2. The zero-order chi connectivity index (χ0) is 23.9. The number of carbonyl (C=O) groups excluding carboxylic acids is 2. The molecule has 1 heterocycles. The summed E-state index contributed by atoms with van der Waals surface area (Å²) in [6.07, 6.45) is 3.64. The minimum Gasteiger partial charge on any atom is -0.446 e. The Morgan fingerprint density at radius 2 is 1.73 bits per heavy atom. The van der Waals surface area contributed by atoms with Crippen molar-refractivity contribution in [1.29, 1.82) is 0 Å². The van der Waals surface area contributed by atoms with E-state index in [1.54, 1.807) is 4.90 Å². The van der Waals surface area contributed by atoms with E-state index < -0.39 is 0 Å². The Hall–Kier alpha value is -2.91. The van der Waals surface area contributed by atoms with Crippen molar-refractivity contribution in [3.05, 3.63) is 47.7 Å². The molecule has 2 rings (SSSR count). The number of hydrogen-bond acceptors (Lipinski definition) is 6. The SMILES string of the molecule is CCOCCCNC(=O)c1coc(CN(CCCOCC)C(=O)Nc2ccc(CC)cc2)n1. The predicted molar refractivity (Wildman–Crippen MR) is 126 cm³/mol. The van der Waals surface area contributed by atoms with Crippen LogP contribution in [0.3, 0.4) is 0 Å². The number of rotatable bonds is 15. The number of ether oxygens (including phenoxy) is 2. The average Bonchev–Trinajstić information content (AvgIpc) is 3.30. The number of aryl methyl sites for hydroxylation is 1. The van der Waals surface area contributed by atoms with Crippen molar-refractivity contribution in [3.63, 3.8) is 0 Å². The Morgan fingerprint density at radius 1 is 1.03 bits per heavy atom. The van der Waals surface area contributed by atoms with E-state index in [4.69, 9.17) is 13.9 Å². The summed E-state index contributed by atoms with van der Waals surface area (Å²) in [5.74, 6) is -0.0211. The van der Waals surface area contributed by atoms with Crippen LogP contribution < -0.4 is 10.6 Å². The normalized spacial score (nSPS) is 10.8. The summed E-state index contributed by atoms with van der Waals surface area (Å²) < 4.78 is 16.1. The summed E-state index contributed by atoms with van der Waals surface area (Å²) >= 11 is 0. The fourth-order valence-corrected chi connectivity index (χ4v) is 3.04. The van der Waals surface area contributed by atoms with Crippen LogP contribution in [0.2, 0.25) is 0 Å². The summed E-state index contributed by atoms with van der Waals surface area (Å²) in [7, 11) is 0. The fraction of sp³-hybridized carbons (Fsp3) is 0.542. The molecule has 0 bridgehead atoms. The Labute approximate surface area is 195 Å². The van der Waals surface area contributed by atoms with Crippen LogP contribution in [-0.4, -0.2) is 61.3 Å². The third-order valence-electron chi connectivity index (χ3n) is 4.89. The second-order valence-corrected chi connectivity index (χ2v) is 7.39. The van der Waals surface area contributed by atoms with Crippen LogP contribution in [0, 0.1) is 0 Å². The second kappa shape index (κ2) is 15.0. The van der Waals surface area contributed by atoms with Crippen molar-refractivity contribution in [3.8, 4) is 0 Å². The van der Waals surface area contributed by atoms with Gasteiger partial charge in [0.15, 0.2) is 5.69 Å². The zero-order valence-corrected chi connectivity index (χ0v) is 19.9. The standard InChI is InChI=1S/C24H36N4O5/c1-4-19-9-11-20(12-10-19)26-24(30)28(14-8-16-32-6-3)17-22-27-21(18-33-22)23(29)25-13-7-15-31-5-2/h9-12,18H,4-8,13-17H2,1-3H3,(H,25,29)(H,26,30). The molecule has 0 atom stereocenters. The Balaban J connectivity index is 1.96. The van der Waals surface area contributed by atoms with Gasteiger partial charge in [0.1, 0.15) is 6.26 Å². The molecule has 0 aliphatic carbocycles. The van der Waals surface area contributed by atoms with E-state index in [9.17, 15) is 9.59 Å². The molecule has 0 unspecified atom stereocenters. The molecule has 9 nitrogen and oxygen atoms in total. The van der Waals surface area contributed by atoms with E-state index in [1.165, 1.54) is 11.8 Å². The number of aromatic nitrogens is 1. The highest BCUT2D eigenvalue weighted by atomic mass is 16.5. The van der Waals surface area contributed by atoms with E-state index in [2.05, 4.69) is 22.5 Å². The molecule has 1 aromatic heterocycles. The third kappa shape index (κ3) is 9.63. The lowest BCUT2D eigenvalue weighted by atomic mass is 10.1. The van der Waals surface area contributed by atoms with Gasteiger partial charge in [-0.05, 0) is 50.8 Å². The van der Waals surface area contributed by atoms with Gasteiger partial charge >= 0.3 is 6.03 Å². The van der Waals surface area contributed by atoms with E-state index in [0.29, 0.717) is 57.5 Å². The quantitative estimate of drug-likeness (QED) is 0.391. The number of nitrogens with zero attached hydrogens (tertiary/aromatic N) is 2. The van der Waals surface area contributed by atoms with Crippen LogP contribution in [0.4, 0.5) is 10.5 Å². The summed E-state index contributed by atoms with van der Waals surface area (Å²) in [5, 5.41) is 5.70. The Morgan fingerprint density at radius 3 is 2.39 bits per heavy atom. The van der Waals surface area contributed by atoms with Gasteiger partial charge in [-0.15, -0.1) is 0 Å². The molecule has 2 aromatic rings. The topological polar surface area (TPSA) is 106 Å². The fourth-order valence-electron chi connectivity index (χ4n) is 3.04. The number of amides is 3. The van der Waals surface area contributed by atoms with E-state index in [1.807, 2.05) is 38.1 Å². The van der Waals surface area contributed by atoms with Crippen molar-refractivity contribution in [2.75, 3.05) is 44.8 Å². The smallest absolute Gasteiger partial charge is 0.322 e. The van der Waals surface area contributed by atoms with Crippen LogP contribution in [0.1, 0.15) is 55.6 Å². The molecule has 0 spiro atoms. The van der Waals surface area contributed by atoms with Crippen molar-refractivity contribution in [2.45, 2.75) is 46.6 Å². The highest BCUT2D eigenvalue weighted by molar-refractivity contribution is 5.92. The minimum absolute atomic E-state index is 0.141. The van der Waals surface area contributed by atoms with Crippen molar-refractivity contribution < 1.29 is 23.5 Å². The molecule has 9 heteroatoms. The van der Waals surface area contributed by atoms with E-state index in [0.717, 1.165) is 12.8 Å². The second-order valence-electron chi connectivity index (χ2n) is 7.39. The van der Waals surface area contributed by atoms with Crippen LogP contribution in [0.15, 0.2) is 34.9 Å². The Kier molecular flexibility index (Phi) is 12.0. The molecular formula is C24H36N4O5. The average molecular weight is 461 g/mol. The first-order valence-electron chi connectivity index (χ1n) is 11.6. The molecule has 0 radical (unpaired) electrons. The van der Waals surface area contributed by atoms with Gasteiger partial charge in [-0.3, -0.25) is 4.79 Å². The van der Waals surface area contributed by atoms with Crippen molar-refractivity contribution in [1.82, 2.24) is 15.2 Å². The van der Waals surface area contributed by atoms with Gasteiger partial charge in [-0.1, -0.05) is 19.1 Å². The lowest BCUT2D eigenvalue weighted by Crippen LogP contribution is -2.36. The van der Waals surface area contributed by atoms with Crippen LogP contribution in [-0.2, 0) is 22.4 Å². The number of anilines is 1. The van der Waals surface area contributed by atoms with Gasteiger partial charge in [-0.25, -0.2) is 9.78 Å². The first-order chi connectivity index (χ1) is 16.1. The number of oxazole rings is 1. The summed E-state index contributed by atoms with van der Waals surface area (Å²) in [6, 6.07) is 7.48. The van der Waals surface area contributed by atoms with Crippen LogP contribution in [0.5, 0.6) is 0 Å². The van der Waals surface area contributed by atoms with Gasteiger partial charge < -0.3 is 29.4 Å². The van der Waals surface area contributed by atoms with E-state index >= 15 is 0 Å². The molecule has 0 saturated heterocycles. The number of urea groups is 1. The molecule has 0 saturated carbocycles. The predicted octanol–water partition coefficient (Wildman–Crippen LogP) is 3.85. The first-order valence-corrected chi connectivity index (χ1v) is 11.6. The third-order valence-corrected chi connectivity index (χ3v) is 4.89. The number of hydrogen-bond donors (Lipinski definition) is 2. The molecule has 1 aromatic carbocycles. The van der Waals surface area contributed by atoms with Crippen LogP contribution in [0.25, 0.3) is 0 Å². The lowest BCUT2D eigenvalue weighted by molar-refractivity contribution is 0.0939. The first kappa shape index (κ1) is 26.3. The van der Waals surface area contributed by atoms with E-state index in [-0.39, 0.29) is 24.2 Å². The maximum absolute atomic E-state index is 12.9. The lowest BCUT2D eigenvalue weighted by Gasteiger charge is -2.21. The molecule has 3 amide bonds. The highest BCUT2D eigenvalue weighted by Gasteiger charge is 2.19. The van der Waals surface area contributed by atoms with Gasteiger partial charge in [-0.2, -0.15) is 0 Å². The molecular weight excluding hydrogens is 424 g/mol. The summed E-state index contributed by atoms with van der Waals surface area (Å²) in [6.45, 7) is 9.45. The molecule has 2 N–H and O–H groups in total. The molecule has 0 fully saturated rings. The Bertz CT molecular complexity index is 838. The van der Waals surface area contributed by atoms with Crippen molar-refractivity contribution in [2.24, 2.45) is 0 Å². The minimum atomic E-state index is -0.315. The zero-order valence-electron chi connectivity index (χ0n) is 19.9. The molecule has 182 valence electrons. The highest BCUT2D eigenvalue weighted by Crippen LogP contribution is 2.13. The van der Waals surface area contributed by atoms with Gasteiger partial charge in [0, 0.05) is 45.2 Å². The summed E-state index contributed by atoms with van der Waals surface area (Å²) in [5.41, 5.74) is 2.10. The van der Waals surface area contributed by atoms with Crippen molar-refractivity contribution >= 4 is 17.6 Å². The summed E-state index contributed by atoms with van der Waals surface area (Å²) in [4.78, 5) is 31.0.